The first-order valence-corrected chi connectivity index (χ1v) is 14.0. The van der Waals surface area contributed by atoms with E-state index in [4.69, 9.17) is 28.4 Å². The molecule has 2 rings (SSSR count). The molecular formula is C26H33NO14S. The smallest absolute Gasteiger partial charge is 0.354 e. The third kappa shape index (κ3) is 8.03. The molecule has 0 aliphatic carbocycles. The molecule has 16 heteroatoms. The van der Waals surface area contributed by atoms with E-state index in [2.05, 4.69) is 5.32 Å². The van der Waals surface area contributed by atoms with Gasteiger partial charge in [0.1, 0.15) is 18.8 Å². The van der Waals surface area contributed by atoms with Gasteiger partial charge in [0.25, 0.3) is 4.93 Å². The lowest BCUT2D eigenvalue weighted by molar-refractivity contribution is -0.225. The number of carbonyl (C=O) groups excluding carboxylic acids is 6. The van der Waals surface area contributed by atoms with Crippen LogP contribution in [0.4, 0.5) is 0 Å². The Bertz CT molecular complexity index is 1300. The van der Waals surface area contributed by atoms with E-state index in [0.717, 1.165) is 41.7 Å². The van der Waals surface area contributed by atoms with E-state index in [1.165, 1.54) is 30.3 Å². The van der Waals surface area contributed by atoms with Crippen LogP contribution >= 0.6 is 0 Å². The summed E-state index contributed by atoms with van der Waals surface area (Å²) in [7, 11) is -3.96. The van der Waals surface area contributed by atoms with E-state index in [1.807, 2.05) is 0 Å². The van der Waals surface area contributed by atoms with Gasteiger partial charge in [-0.1, -0.05) is 18.2 Å². The Morgan fingerprint density at radius 3 is 2.00 bits per heavy atom. The second kappa shape index (κ2) is 14.2. The fourth-order valence-electron chi connectivity index (χ4n) is 4.47. The van der Waals surface area contributed by atoms with Crippen molar-refractivity contribution in [3.8, 4) is 0 Å². The van der Waals surface area contributed by atoms with Gasteiger partial charge < -0.3 is 33.7 Å². The normalized spacial score (nSPS) is 23.3. The summed E-state index contributed by atoms with van der Waals surface area (Å²) in [5, 5.41) is 2.47. The van der Waals surface area contributed by atoms with Crippen LogP contribution in [0.5, 0.6) is 0 Å². The molecule has 232 valence electrons. The predicted octanol–water partition coefficient (Wildman–Crippen LogP) is -0.0186. The number of carbonyl (C=O) groups is 6. The van der Waals surface area contributed by atoms with Gasteiger partial charge in [-0.15, -0.1) is 0 Å². The number of sulfone groups is 1. The molecule has 0 spiro atoms. The van der Waals surface area contributed by atoms with Crippen molar-refractivity contribution < 1.29 is 65.6 Å². The quantitative estimate of drug-likeness (QED) is 0.257. The highest BCUT2D eigenvalue weighted by molar-refractivity contribution is 7.93. The second-order valence-electron chi connectivity index (χ2n) is 9.25. The molecule has 0 radical (unpaired) electrons. The highest BCUT2D eigenvalue weighted by Gasteiger charge is 2.64. The summed E-state index contributed by atoms with van der Waals surface area (Å²) in [6.45, 7) is 4.40. The van der Waals surface area contributed by atoms with E-state index in [1.54, 1.807) is 0 Å². The number of esters is 5. The van der Waals surface area contributed by atoms with E-state index in [-0.39, 0.29) is 4.90 Å². The van der Waals surface area contributed by atoms with Crippen LogP contribution in [-0.2, 0) is 67.0 Å². The second-order valence-corrected chi connectivity index (χ2v) is 11.4. The number of ether oxygens (including phenoxy) is 6. The number of methoxy groups -OCH3 is 1. The molecule has 1 aliphatic rings. The van der Waals surface area contributed by atoms with Crippen LogP contribution in [0.25, 0.3) is 0 Å². The van der Waals surface area contributed by atoms with Crippen LogP contribution in [0.3, 0.4) is 0 Å². The summed E-state index contributed by atoms with van der Waals surface area (Å²) in [5.41, 5.74) is 0. The fraction of sp³-hybridized carbons (Fsp3) is 0.538. The van der Waals surface area contributed by atoms with Crippen molar-refractivity contribution in [1.29, 1.82) is 0 Å². The maximum atomic E-state index is 14.1. The first-order valence-electron chi connectivity index (χ1n) is 12.5. The van der Waals surface area contributed by atoms with Crippen molar-refractivity contribution in [2.45, 2.75) is 81.3 Å². The summed E-state index contributed by atoms with van der Waals surface area (Å²) in [4.78, 5) is 70.4. The zero-order valence-corrected chi connectivity index (χ0v) is 24.6. The van der Waals surface area contributed by atoms with Crippen LogP contribution in [0.15, 0.2) is 35.2 Å². The van der Waals surface area contributed by atoms with E-state index in [9.17, 15) is 37.2 Å². The van der Waals surface area contributed by atoms with Crippen molar-refractivity contribution >= 4 is 45.6 Å². The topological polar surface area (TPSA) is 204 Å². The van der Waals surface area contributed by atoms with E-state index >= 15 is 0 Å². The molecular weight excluding hydrogens is 582 g/mol. The molecule has 1 aliphatic heterocycles. The highest BCUT2D eigenvalue weighted by atomic mass is 32.2. The van der Waals surface area contributed by atoms with E-state index in [0.29, 0.717) is 0 Å². The van der Waals surface area contributed by atoms with Crippen molar-refractivity contribution in [2.24, 2.45) is 0 Å². The highest BCUT2D eigenvalue weighted by Crippen LogP contribution is 2.42. The van der Waals surface area contributed by atoms with Gasteiger partial charge in [-0.3, -0.25) is 24.0 Å². The van der Waals surface area contributed by atoms with Gasteiger partial charge in [0.15, 0.2) is 12.2 Å². The molecule has 1 N–H and O–H groups in total. The Morgan fingerprint density at radius 2 is 1.52 bits per heavy atom. The van der Waals surface area contributed by atoms with Gasteiger partial charge in [0.2, 0.25) is 15.7 Å². The zero-order valence-electron chi connectivity index (χ0n) is 23.8. The standard InChI is InChI=1S/C26H33NO14S/c1-14(28)27-22-20(38-16(3)30)12-26(25(33)36-6,42(34,35)19-10-8-7-9-11-19)41-24(22)23(40-18(5)32)21(39-17(4)31)13-37-15(2)29/h7-11,20-24H,12-13H2,1-6H3,(H,27,28)/t20-,21-,22+,23+,24+,26-/m0/s1. The molecule has 0 unspecified atom stereocenters. The van der Waals surface area contributed by atoms with Gasteiger partial charge in [0.05, 0.1) is 18.0 Å². The lowest BCUT2D eigenvalue weighted by Gasteiger charge is -2.48. The summed E-state index contributed by atoms with van der Waals surface area (Å²) >= 11 is 0. The van der Waals surface area contributed by atoms with Crippen LogP contribution in [0, 0.1) is 0 Å². The Labute approximate surface area is 242 Å². The number of hydrogen-bond acceptors (Lipinski definition) is 14. The molecule has 0 aromatic heterocycles. The minimum atomic E-state index is -4.86. The van der Waals surface area contributed by atoms with Gasteiger partial charge in [0, 0.05) is 41.0 Å². The summed E-state index contributed by atoms with van der Waals surface area (Å²) in [5.74, 6) is -5.80. The molecule has 1 heterocycles. The largest absolute Gasteiger partial charge is 0.466 e. The minimum absolute atomic E-state index is 0.380. The third-order valence-electron chi connectivity index (χ3n) is 5.98. The maximum absolute atomic E-state index is 14.1. The number of benzene rings is 1. The maximum Gasteiger partial charge on any atom is 0.354 e. The van der Waals surface area contributed by atoms with Crippen molar-refractivity contribution in [3.05, 3.63) is 30.3 Å². The lowest BCUT2D eigenvalue weighted by Crippen LogP contribution is -2.70. The molecule has 1 aromatic rings. The fourth-order valence-corrected chi connectivity index (χ4v) is 6.29. The Kier molecular flexibility index (Phi) is 11.6. The van der Waals surface area contributed by atoms with Crippen LogP contribution < -0.4 is 5.32 Å². The molecule has 1 fully saturated rings. The lowest BCUT2D eigenvalue weighted by atomic mass is 9.89. The number of amides is 1. The predicted molar refractivity (Wildman–Crippen MR) is 139 cm³/mol. The average molecular weight is 616 g/mol. The molecule has 1 amide bonds. The summed E-state index contributed by atoms with van der Waals surface area (Å²) in [6.07, 6.45) is -7.84. The van der Waals surface area contributed by atoms with Crippen molar-refractivity contribution in [1.82, 2.24) is 5.32 Å². The number of hydrogen-bond donors (Lipinski definition) is 1. The molecule has 42 heavy (non-hydrogen) atoms. The zero-order chi connectivity index (χ0) is 31.8. The van der Waals surface area contributed by atoms with Crippen molar-refractivity contribution in [3.63, 3.8) is 0 Å². The van der Waals surface area contributed by atoms with Gasteiger partial charge in [-0.05, 0) is 12.1 Å². The number of rotatable bonds is 11. The Morgan fingerprint density at radius 1 is 0.929 bits per heavy atom. The first-order chi connectivity index (χ1) is 19.5. The number of nitrogens with one attached hydrogen (secondary N) is 1. The molecule has 0 bridgehead atoms. The van der Waals surface area contributed by atoms with Gasteiger partial charge in [-0.2, -0.15) is 0 Å². The van der Waals surface area contributed by atoms with Crippen molar-refractivity contribution in [2.75, 3.05) is 13.7 Å². The third-order valence-corrected chi connectivity index (χ3v) is 8.17. The average Bonchev–Trinajstić information content (AvgIpc) is 2.89. The Balaban J connectivity index is 2.92. The van der Waals surface area contributed by atoms with Crippen LogP contribution in [0.1, 0.15) is 41.0 Å². The van der Waals surface area contributed by atoms with Gasteiger partial charge >= 0.3 is 29.8 Å². The first kappa shape index (κ1) is 34.2. The van der Waals surface area contributed by atoms with E-state index < -0.39 is 94.0 Å². The summed E-state index contributed by atoms with van der Waals surface area (Å²) in [6, 6.07) is 5.18. The molecule has 1 aromatic carbocycles. The Hall–Kier alpha value is -4.05. The van der Waals surface area contributed by atoms with Gasteiger partial charge in [-0.25, -0.2) is 13.2 Å². The van der Waals surface area contributed by atoms with Crippen LogP contribution in [0.2, 0.25) is 0 Å². The molecule has 0 saturated carbocycles. The summed E-state index contributed by atoms with van der Waals surface area (Å²) < 4.78 is 60.1. The molecule has 6 atom stereocenters. The minimum Gasteiger partial charge on any atom is -0.466 e. The SMILES string of the molecule is COC(=O)[C@@]1(S(=O)(=O)c2ccccc2)C[C@H](OC(C)=O)[C@@H](NC(C)=O)[C@H]([C@H](OC(C)=O)[C@H](COC(C)=O)OC(C)=O)O1. The molecule has 1 saturated heterocycles. The monoisotopic (exact) mass is 615 g/mol. The molecule has 15 nitrogen and oxygen atoms in total. The van der Waals surface area contributed by atoms with Crippen LogP contribution in [-0.4, -0.2) is 93.3 Å².